The predicted molar refractivity (Wildman–Crippen MR) is 106 cm³/mol. The van der Waals surface area contributed by atoms with Gasteiger partial charge in [0.2, 0.25) is 15.9 Å². The molecule has 0 saturated carbocycles. The van der Waals surface area contributed by atoms with Crippen LogP contribution in [0.1, 0.15) is 28.9 Å². The molecule has 0 spiro atoms. The molecule has 0 aliphatic carbocycles. The molecule has 4 heterocycles. The van der Waals surface area contributed by atoms with E-state index >= 15 is 0 Å². The Kier molecular flexibility index (Phi) is 4.35. The molecule has 1 amide bonds. The van der Waals surface area contributed by atoms with E-state index in [1.54, 1.807) is 35.2 Å². The summed E-state index contributed by atoms with van der Waals surface area (Å²) in [6.45, 7) is 0.246. The Hall–Kier alpha value is -2.88. The van der Waals surface area contributed by atoms with Crippen LogP contribution in [-0.4, -0.2) is 32.5 Å². The maximum Gasteiger partial charge on any atom is 0.240 e. The normalized spacial score (nSPS) is 17.8. The van der Waals surface area contributed by atoms with E-state index in [1.165, 1.54) is 18.8 Å². The number of sulfonamides is 1. The average Bonchev–Trinajstić information content (AvgIpc) is 3.50. The monoisotopic (exact) mass is 428 g/mol. The number of rotatable bonds is 6. The number of aryl methyl sites for hydroxylation is 1. The number of carbonyl (C=O) groups is 1. The van der Waals surface area contributed by atoms with E-state index in [0.29, 0.717) is 31.4 Å². The molecular formula is C21H20N2O6S. The summed E-state index contributed by atoms with van der Waals surface area (Å²) < 4.78 is 39.1. The first kappa shape index (κ1) is 19.1. The number of furan rings is 2. The molecule has 2 N–H and O–H groups in total. The van der Waals surface area contributed by atoms with Gasteiger partial charge in [0.15, 0.2) is 5.60 Å². The molecule has 5 rings (SSSR count). The van der Waals surface area contributed by atoms with Gasteiger partial charge in [-0.05, 0) is 54.3 Å². The zero-order valence-corrected chi connectivity index (χ0v) is 16.8. The fourth-order valence-corrected chi connectivity index (χ4v) is 5.37. The van der Waals surface area contributed by atoms with Crippen molar-refractivity contribution in [2.24, 2.45) is 0 Å². The Bertz CT molecular complexity index is 1160. The van der Waals surface area contributed by atoms with Gasteiger partial charge in [-0.3, -0.25) is 4.79 Å². The number of benzene rings is 1. The lowest BCUT2D eigenvalue weighted by molar-refractivity contribution is -0.118. The molecular weight excluding hydrogens is 408 g/mol. The molecule has 2 aromatic heterocycles. The molecule has 0 unspecified atom stereocenters. The summed E-state index contributed by atoms with van der Waals surface area (Å²) >= 11 is 0. The molecule has 2 aliphatic heterocycles. The number of hydrogen-bond donors (Lipinski definition) is 2. The van der Waals surface area contributed by atoms with Gasteiger partial charge in [0, 0.05) is 18.5 Å². The number of nitrogens with zero attached hydrogens (tertiary/aromatic N) is 1. The van der Waals surface area contributed by atoms with Gasteiger partial charge in [0.1, 0.15) is 5.76 Å². The van der Waals surface area contributed by atoms with Crippen LogP contribution >= 0.6 is 0 Å². The van der Waals surface area contributed by atoms with E-state index < -0.39 is 15.6 Å². The number of nitrogens with one attached hydrogen (secondary N) is 1. The third kappa shape index (κ3) is 2.97. The maximum absolute atomic E-state index is 13.1. The molecule has 30 heavy (non-hydrogen) atoms. The highest BCUT2D eigenvalue weighted by Crippen LogP contribution is 2.38. The first-order valence-electron chi connectivity index (χ1n) is 9.63. The average molecular weight is 428 g/mol. The van der Waals surface area contributed by atoms with Gasteiger partial charge in [-0.1, -0.05) is 0 Å². The molecule has 2 aliphatic rings. The molecule has 0 fully saturated rings. The topological polar surface area (TPSA) is 113 Å². The first-order chi connectivity index (χ1) is 14.4. The van der Waals surface area contributed by atoms with Gasteiger partial charge in [0.25, 0.3) is 0 Å². The van der Waals surface area contributed by atoms with Gasteiger partial charge in [-0.2, -0.15) is 0 Å². The van der Waals surface area contributed by atoms with Crippen molar-refractivity contribution in [3.63, 3.8) is 0 Å². The van der Waals surface area contributed by atoms with E-state index in [9.17, 15) is 18.3 Å². The van der Waals surface area contributed by atoms with Gasteiger partial charge in [-0.15, -0.1) is 0 Å². The fraction of sp³-hybridized carbons (Fsp3) is 0.286. The summed E-state index contributed by atoms with van der Waals surface area (Å²) in [6, 6.07) is 7.99. The van der Waals surface area contributed by atoms with E-state index in [1.807, 2.05) is 0 Å². The lowest BCUT2D eigenvalue weighted by Crippen LogP contribution is -2.41. The van der Waals surface area contributed by atoms with Crippen molar-refractivity contribution in [1.29, 1.82) is 0 Å². The summed E-state index contributed by atoms with van der Waals surface area (Å²) in [5, 5.41) is 11.2. The summed E-state index contributed by atoms with van der Waals surface area (Å²) in [5.74, 6) is 0.281. The summed E-state index contributed by atoms with van der Waals surface area (Å²) in [4.78, 5) is 14.0. The molecule has 9 heteroatoms. The van der Waals surface area contributed by atoms with Gasteiger partial charge in [-0.25, -0.2) is 13.1 Å². The third-order valence-corrected chi connectivity index (χ3v) is 7.16. The van der Waals surface area contributed by atoms with Crippen LogP contribution in [0.25, 0.3) is 0 Å². The molecule has 3 aromatic rings. The molecule has 1 atom stereocenters. The lowest BCUT2D eigenvalue weighted by Gasteiger charge is -2.27. The number of hydrogen-bond acceptors (Lipinski definition) is 6. The second-order valence-electron chi connectivity index (χ2n) is 7.56. The Balaban J connectivity index is 1.46. The van der Waals surface area contributed by atoms with E-state index in [0.717, 1.165) is 16.8 Å². The Labute approximate surface area is 173 Å². The van der Waals surface area contributed by atoms with Crippen molar-refractivity contribution < 1.29 is 27.2 Å². The highest BCUT2D eigenvalue weighted by atomic mass is 32.2. The van der Waals surface area contributed by atoms with Crippen LogP contribution < -0.4 is 9.62 Å². The molecule has 0 radical (unpaired) electrons. The summed E-state index contributed by atoms with van der Waals surface area (Å²) in [7, 11) is -3.92. The van der Waals surface area contributed by atoms with Crippen molar-refractivity contribution in [2.45, 2.75) is 29.8 Å². The predicted octanol–water partition coefficient (Wildman–Crippen LogP) is 1.92. The lowest BCUT2D eigenvalue weighted by atomic mass is 9.94. The minimum absolute atomic E-state index is 0.0820. The van der Waals surface area contributed by atoms with Crippen molar-refractivity contribution in [3.8, 4) is 0 Å². The fourth-order valence-electron chi connectivity index (χ4n) is 4.21. The third-order valence-electron chi connectivity index (χ3n) is 5.78. The Morgan fingerprint density at radius 3 is 2.63 bits per heavy atom. The Morgan fingerprint density at radius 1 is 1.13 bits per heavy atom. The minimum atomic E-state index is -3.92. The van der Waals surface area contributed by atoms with Crippen molar-refractivity contribution >= 4 is 21.6 Å². The van der Waals surface area contributed by atoms with Gasteiger partial charge < -0.3 is 18.8 Å². The molecule has 0 saturated heterocycles. The second-order valence-corrected chi connectivity index (χ2v) is 9.33. The van der Waals surface area contributed by atoms with Crippen LogP contribution in [0.2, 0.25) is 0 Å². The minimum Gasteiger partial charge on any atom is -0.472 e. The Morgan fingerprint density at radius 2 is 1.93 bits per heavy atom. The van der Waals surface area contributed by atoms with Crippen LogP contribution in [-0.2, 0) is 33.3 Å². The number of carbonyl (C=O) groups excluding carboxylic acids is 1. The zero-order valence-electron chi connectivity index (χ0n) is 16.0. The number of amides is 1. The van der Waals surface area contributed by atoms with Crippen LogP contribution in [0.5, 0.6) is 0 Å². The molecule has 156 valence electrons. The number of aliphatic hydroxyl groups is 1. The first-order valence-corrected chi connectivity index (χ1v) is 11.1. The standard InChI is InChI=1S/C21H20N2O6S/c24-19-4-3-14-10-17(11-15-5-7-23(19)20(14)15)30(26,27)22-13-21(25,16-6-9-28-12-16)18-2-1-8-29-18/h1-2,6,8-12,22,25H,3-5,7,13H2/t21-/m1/s1. The van der Waals surface area contributed by atoms with E-state index in [-0.39, 0.29) is 23.1 Å². The van der Waals surface area contributed by atoms with Crippen molar-refractivity contribution in [1.82, 2.24) is 4.72 Å². The summed E-state index contributed by atoms with van der Waals surface area (Å²) in [6.07, 6.45) is 5.68. The second kappa shape index (κ2) is 6.83. The van der Waals surface area contributed by atoms with Gasteiger partial charge >= 0.3 is 0 Å². The SMILES string of the molecule is O=C1CCc2cc(S(=O)(=O)NC[C@@](O)(c3ccoc3)c3ccco3)cc3c2N1CC3. The maximum atomic E-state index is 13.1. The highest BCUT2D eigenvalue weighted by Gasteiger charge is 2.38. The quantitative estimate of drug-likeness (QED) is 0.620. The number of anilines is 1. The molecule has 1 aromatic carbocycles. The van der Waals surface area contributed by atoms with E-state index in [2.05, 4.69) is 4.72 Å². The highest BCUT2D eigenvalue weighted by molar-refractivity contribution is 7.89. The summed E-state index contributed by atoms with van der Waals surface area (Å²) in [5.41, 5.74) is 1.23. The van der Waals surface area contributed by atoms with Gasteiger partial charge in [0.05, 0.1) is 35.9 Å². The van der Waals surface area contributed by atoms with Crippen molar-refractivity contribution in [3.05, 3.63) is 71.6 Å². The smallest absolute Gasteiger partial charge is 0.240 e. The van der Waals surface area contributed by atoms with E-state index in [4.69, 9.17) is 8.83 Å². The van der Waals surface area contributed by atoms with Crippen LogP contribution in [0, 0.1) is 0 Å². The van der Waals surface area contributed by atoms with Crippen LogP contribution in [0.15, 0.2) is 62.9 Å². The van der Waals surface area contributed by atoms with Crippen molar-refractivity contribution in [2.75, 3.05) is 18.0 Å². The molecule has 0 bridgehead atoms. The molecule has 8 nitrogen and oxygen atoms in total. The van der Waals surface area contributed by atoms with Crippen LogP contribution in [0.3, 0.4) is 0 Å². The van der Waals surface area contributed by atoms with Crippen LogP contribution in [0.4, 0.5) is 5.69 Å². The zero-order chi connectivity index (χ0) is 20.9. The largest absolute Gasteiger partial charge is 0.472 e.